The lowest BCUT2D eigenvalue weighted by atomic mass is 9.96. The molecule has 0 bridgehead atoms. The number of nitrogens with one attached hydrogen (secondary N) is 1. The van der Waals surface area contributed by atoms with Crippen LogP contribution in [0.5, 0.6) is 0 Å². The molecule has 3 heterocycles. The molecule has 1 fully saturated rings. The molecule has 0 unspecified atom stereocenters. The number of hydrogen-bond acceptors (Lipinski definition) is 5. The molecule has 1 aromatic carbocycles. The van der Waals surface area contributed by atoms with Crippen molar-refractivity contribution < 1.29 is 22.7 Å². The molecule has 144 valence electrons. The van der Waals surface area contributed by atoms with Gasteiger partial charge in [0.1, 0.15) is 29.2 Å². The van der Waals surface area contributed by atoms with Gasteiger partial charge in [-0.05, 0) is 17.6 Å². The first kappa shape index (κ1) is 18.4. The Morgan fingerprint density at radius 1 is 0.966 bits per heavy atom. The van der Waals surface area contributed by atoms with Gasteiger partial charge in [-0.15, -0.1) is 0 Å². The van der Waals surface area contributed by atoms with Gasteiger partial charge in [0.05, 0.1) is 11.8 Å². The largest absolute Gasteiger partial charge is 0.439 e. The Morgan fingerprint density at radius 2 is 1.76 bits per heavy atom. The van der Waals surface area contributed by atoms with E-state index in [-0.39, 0.29) is 0 Å². The zero-order valence-electron chi connectivity index (χ0n) is 14.6. The van der Waals surface area contributed by atoms with E-state index in [0.29, 0.717) is 29.0 Å². The molecule has 0 radical (unpaired) electrons. The molecule has 1 aliphatic rings. The Balaban J connectivity index is 1.69. The molecular formula is C20H11F3N4O2. The number of cyclic esters (lactones) is 1. The number of halogens is 3. The topological polar surface area (TPSA) is 77.0 Å². The first-order chi connectivity index (χ1) is 14.0. The lowest BCUT2D eigenvalue weighted by Crippen LogP contribution is -2.20. The van der Waals surface area contributed by atoms with Crippen LogP contribution in [0.15, 0.2) is 49.2 Å². The van der Waals surface area contributed by atoms with E-state index in [0.717, 1.165) is 0 Å². The van der Waals surface area contributed by atoms with Crippen molar-refractivity contribution in [3.63, 3.8) is 0 Å². The number of amides is 1. The standard InChI is InChI=1S/C20H11F3N4O2/c21-13-6-15(22)17(16(23)7-13)19-18(27-20(28)29-19)12-5-11(8-25-9-12)1-2-14-10-24-3-4-26-14/h3-10,18-19H,(H,27,28)/t18-,19-/m1/s1. The Kier molecular flexibility index (Phi) is 4.83. The summed E-state index contributed by atoms with van der Waals surface area (Å²) < 4.78 is 46.7. The fraction of sp³-hybridized carbons (Fsp3) is 0.100. The molecule has 4 rings (SSSR count). The Bertz CT molecular complexity index is 1120. The smallest absolute Gasteiger partial charge is 0.408 e. The first-order valence-corrected chi connectivity index (χ1v) is 8.36. The summed E-state index contributed by atoms with van der Waals surface area (Å²) in [6, 6.07) is 1.72. The number of carbonyl (C=O) groups is 1. The summed E-state index contributed by atoms with van der Waals surface area (Å²) in [7, 11) is 0. The van der Waals surface area contributed by atoms with E-state index < -0.39 is 41.3 Å². The summed E-state index contributed by atoms with van der Waals surface area (Å²) in [5, 5.41) is 2.49. The lowest BCUT2D eigenvalue weighted by molar-refractivity contribution is 0.127. The maximum Gasteiger partial charge on any atom is 0.408 e. The van der Waals surface area contributed by atoms with Crippen LogP contribution in [-0.4, -0.2) is 21.0 Å². The molecule has 3 aromatic rings. The van der Waals surface area contributed by atoms with E-state index in [2.05, 4.69) is 32.1 Å². The zero-order chi connectivity index (χ0) is 20.4. The SMILES string of the molecule is O=C1N[C@H](c2cncc(C#Cc3cnccn3)c2)[C@@H](c2c(F)cc(F)cc2F)O1. The van der Waals surface area contributed by atoms with Crippen LogP contribution in [-0.2, 0) is 4.74 Å². The summed E-state index contributed by atoms with van der Waals surface area (Å²) in [6.45, 7) is 0. The molecule has 6 nitrogen and oxygen atoms in total. The van der Waals surface area contributed by atoms with Crippen molar-refractivity contribution in [2.75, 3.05) is 0 Å². The van der Waals surface area contributed by atoms with Crippen molar-refractivity contribution in [2.45, 2.75) is 12.1 Å². The van der Waals surface area contributed by atoms with Crippen molar-refractivity contribution in [2.24, 2.45) is 0 Å². The molecule has 0 saturated carbocycles. The van der Waals surface area contributed by atoms with Gasteiger partial charge in [0.2, 0.25) is 0 Å². The molecule has 2 atom stereocenters. The number of ether oxygens (including phenoxy) is 1. The maximum absolute atomic E-state index is 14.2. The minimum Gasteiger partial charge on any atom is -0.439 e. The number of carbonyl (C=O) groups excluding carboxylic acids is 1. The number of pyridine rings is 1. The van der Waals surface area contributed by atoms with Gasteiger partial charge in [0, 0.05) is 42.5 Å². The number of aromatic nitrogens is 3. The molecule has 0 spiro atoms. The van der Waals surface area contributed by atoms with E-state index in [4.69, 9.17) is 4.74 Å². The van der Waals surface area contributed by atoms with Crippen molar-refractivity contribution in [3.8, 4) is 11.8 Å². The van der Waals surface area contributed by atoms with Crippen LogP contribution in [0.25, 0.3) is 0 Å². The third-order valence-electron chi connectivity index (χ3n) is 4.16. The normalized spacial score (nSPS) is 17.8. The molecule has 1 aliphatic heterocycles. The van der Waals surface area contributed by atoms with Gasteiger partial charge in [-0.1, -0.05) is 5.92 Å². The average Bonchev–Trinajstić information content (AvgIpc) is 3.08. The zero-order valence-corrected chi connectivity index (χ0v) is 14.6. The van der Waals surface area contributed by atoms with E-state index in [1.807, 2.05) is 0 Å². The number of nitrogens with zero attached hydrogens (tertiary/aromatic N) is 3. The second kappa shape index (κ2) is 7.59. The van der Waals surface area contributed by atoms with Gasteiger partial charge in [-0.3, -0.25) is 9.97 Å². The van der Waals surface area contributed by atoms with E-state index in [1.165, 1.54) is 31.0 Å². The highest BCUT2D eigenvalue weighted by Gasteiger charge is 2.40. The molecule has 1 amide bonds. The summed E-state index contributed by atoms with van der Waals surface area (Å²) in [4.78, 5) is 23.8. The lowest BCUT2D eigenvalue weighted by Gasteiger charge is -2.18. The van der Waals surface area contributed by atoms with Crippen molar-refractivity contribution in [1.29, 1.82) is 0 Å². The van der Waals surface area contributed by atoms with Crippen LogP contribution in [0.1, 0.15) is 34.5 Å². The summed E-state index contributed by atoms with van der Waals surface area (Å²) in [5.41, 5.74) is 0.789. The third kappa shape index (κ3) is 3.87. The Hall–Kier alpha value is -3.93. The van der Waals surface area contributed by atoms with Crippen molar-refractivity contribution in [3.05, 3.63) is 89.0 Å². The maximum atomic E-state index is 14.2. The third-order valence-corrected chi connectivity index (χ3v) is 4.16. The van der Waals surface area contributed by atoms with E-state index >= 15 is 0 Å². The van der Waals surface area contributed by atoms with Crippen molar-refractivity contribution >= 4 is 6.09 Å². The number of alkyl carbamates (subject to hydrolysis) is 1. The van der Waals surface area contributed by atoms with E-state index in [9.17, 15) is 18.0 Å². The molecule has 9 heteroatoms. The second-order valence-corrected chi connectivity index (χ2v) is 6.08. The first-order valence-electron chi connectivity index (χ1n) is 8.36. The van der Waals surface area contributed by atoms with E-state index in [1.54, 1.807) is 6.07 Å². The van der Waals surface area contributed by atoms with Gasteiger partial charge >= 0.3 is 6.09 Å². The number of hydrogen-bond donors (Lipinski definition) is 1. The molecule has 1 N–H and O–H groups in total. The Labute approximate surface area is 162 Å². The van der Waals surface area contributed by atoms with Crippen LogP contribution in [0.2, 0.25) is 0 Å². The highest BCUT2D eigenvalue weighted by Crippen LogP contribution is 2.39. The van der Waals surface area contributed by atoms with Gasteiger partial charge in [0.25, 0.3) is 0 Å². The fourth-order valence-electron chi connectivity index (χ4n) is 2.92. The predicted molar refractivity (Wildman–Crippen MR) is 93.7 cm³/mol. The molecule has 1 saturated heterocycles. The molecule has 29 heavy (non-hydrogen) atoms. The number of benzene rings is 1. The molecule has 0 aliphatic carbocycles. The summed E-state index contributed by atoms with van der Waals surface area (Å²) >= 11 is 0. The van der Waals surface area contributed by atoms with Gasteiger partial charge in [-0.2, -0.15) is 0 Å². The highest BCUT2D eigenvalue weighted by molar-refractivity contribution is 5.71. The van der Waals surface area contributed by atoms with Crippen LogP contribution >= 0.6 is 0 Å². The van der Waals surface area contributed by atoms with Crippen LogP contribution < -0.4 is 5.32 Å². The van der Waals surface area contributed by atoms with Gasteiger partial charge < -0.3 is 10.1 Å². The van der Waals surface area contributed by atoms with Crippen molar-refractivity contribution in [1.82, 2.24) is 20.3 Å². The highest BCUT2D eigenvalue weighted by atomic mass is 19.1. The monoisotopic (exact) mass is 396 g/mol. The Morgan fingerprint density at radius 3 is 2.48 bits per heavy atom. The summed E-state index contributed by atoms with van der Waals surface area (Å²) in [5.74, 6) is 2.29. The minimum absolute atomic E-state index is 0.412. The van der Waals surface area contributed by atoms with Gasteiger partial charge in [-0.25, -0.2) is 22.9 Å². The quantitative estimate of drug-likeness (QED) is 0.673. The van der Waals surface area contributed by atoms with Crippen LogP contribution in [0.4, 0.5) is 18.0 Å². The average molecular weight is 396 g/mol. The van der Waals surface area contributed by atoms with Crippen LogP contribution in [0.3, 0.4) is 0 Å². The van der Waals surface area contributed by atoms with Gasteiger partial charge in [0.15, 0.2) is 6.10 Å². The molecular weight excluding hydrogens is 385 g/mol. The summed E-state index contributed by atoms with van der Waals surface area (Å²) in [6.07, 6.45) is 5.21. The molecule has 2 aromatic heterocycles. The predicted octanol–water partition coefficient (Wildman–Crippen LogP) is 3.21. The number of rotatable bonds is 2. The second-order valence-electron chi connectivity index (χ2n) is 6.08. The van der Waals surface area contributed by atoms with Crippen LogP contribution in [0, 0.1) is 29.3 Å². The fourth-order valence-corrected chi connectivity index (χ4v) is 2.92. The minimum atomic E-state index is -1.34.